The second-order valence-electron chi connectivity index (χ2n) is 5.59. The molecular formula is C17H22N4O. The molecule has 0 radical (unpaired) electrons. The highest BCUT2D eigenvalue weighted by atomic mass is 16.1. The van der Waals surface area contributed by atoms with E-state index in [4.69, 9.17) is 0 Å². The summed E-state index contributed by atoms with van der Waals surface area (Å²) in [5, 5.41) is 2.93. The molecule has 0 saturated heterocycles. The van der Waals surface area contributed by atoms with Crippen molar-refractivity contribution in [3.63, 3.8) is 0 Å². The third-order valence-corrected chi connectivity index (χ3v) is 3.78. The monoisotopic (exact) mass is 298 g/mol. The van der Waals surface area contributed by atoms with E-state index in [1.807, 2.05) is 39.8 Å². The van der Waals surface area contributed by atoms with E-state index in [2.05, 4.69) is 20.3 Å². The van der Waals surface area contributed by atoms with E-state index in [-0.39, 0.29) is 11.8 Å². The predicted octanol–water partition coefficient (Wildman–Crippen LogP) is 2.61. The molecule has 2 aromatic rings. The Hall–Kier alpha value is -2.30. The Kier molecular flexibility index (Phi) is 5.20. The second-order valence-corrected chi connectivity index (χ2v) is 5.59. The van der Waals surface area contributed by atoms with Gasteiger partial charge < -0.3 is 5.32 Å². The number of nitrogens with one attached hydrogen (secondary N) is 1. The number of rotatable bonds is 5. The molecule has 1 amide bonds. The maximum Gasteiger partial charge on any atom is 0.220 e. The van der Waals surface area contributed by atoms with E-state index >= 15 is 0 Å². The van der Waals surface area contributed by atoms with Gasteiger partial charge in [0, 0.05) is 18.8 Å². The maximum atomic E-state index is 12.1. The van der Waals surface area contributed by atoms with E-state index in [0.29, 0.717) is 13.0 Å². The number of carbonyl (C=O) groups excluding carboxylic acids is 1. The molecule has 0 aliphatic heterocycles. The molecule has 22 heavy (non-hydrogen) atoms. The lowest BCUT2D eigenvalue weighted by Gasteiger charge is -2.12. The minimum absolute atomic E-state index is 0.00998. The molecule has 116 valence electrons. The first-order valence-electron chi connectivity index (χ1n) is 7.44. The molecule has 1 atom stereocenters. The van der Waals surface area contributed by atoms with E-state index in [1.54, 1.807) is 12.4 Å². The number of hydrogen-bond acceptors (Lipinski definition) is 4. The SMILES string of the molecule is Cc1nc(C)c(CNC(=O)CC(C)c2cccnc2)nc1C. The summed E-state index contributed by atoms with van der Waals surface area (Å²) in [4.78, 5) is 25.1. The maximum absolute atomic E-state index is 12.1. The fraction of sp³-hybridized carbons (Fsp3) is 0.412. The van der Waals surface area contributed by atoms with Crippen molar-refractivity contribution in [1.82, 2.24) is 20.3 Å². The van der Waals surface area contributed by atoms with Gasteiger partial charge >= 0.3 is 0 Å². The fourth-order valence-corrected chi connectivity index (χ4v) is 2.25. The third kappa shape index (κ3) is 4.10. The van der Waals surface area contributed by atoms with Gasteiger partial charge in [0.25, 0.3) is 0 Å². The zero-order valence-electron chi connectivity index (χ0n) is 13.6. The minimum atomic E-state index is 0.00998. The molecule has 0 spiro atoms. The van der Waals surface area contributed by atoms with Gasteiger partial charge in [0.15, 0.2) is 0 Å². The van der Waals surface area contributed by atoms with Crippen LogP contribution < -0.4 is 5.32 Å². The summed E-state index contributed by atoms with van der Waals surface area (Å²) < 4.78 is 0. The average Bonchev–Trinajstić information content (AvgIpc) is 2.50. The highest BCUT2D eigenvalue weighted by molar-refractivity contribution is 5.76. The van der Waals surface area contributed by atoms with Crippen molar-refractivity contribution in [3.8, 4) is 0 Å². The number of hydrogen-bond donors (Lipinski definition) is 1. The van der Waals surface area contributed by atoms with Crippen molar-refractivity contribution < 1.29 is 4.79 Å². The highest BCUT2D eigenvalue weighted by Gasteiger charge is 2.12. The van der Waals surface area contributed by atoms with Gasteiger partial charge in [0.05, 0.1) is 29.3 Å². The summed E-state index contributed by atoms with van der Waals surface area (Å²) >= 11 is 0. The summed E-state index contributed by atoms with van der Waals surface area (Å²) in [5.74, 6) is 0.149. The van der Waals surface area contributed by atoms with Gasteiger partial charge in [-0.3, -0.25) is 19.7 Å². The molecule has 0 aliphatic carbocycles. The molecule has 1 N–H and O–H groups in total. The van der Waals surface area contributed by atoms with Crippen LogP contribution in [-0.2, 0) is 11.3 Å². The molecule has 0 aliphatic rings. The smallest absolute Gasteiger partial charge is 0.220 e. The summed E-state index contributed by atoms with van der Waals surface area (Å²) in [7, 11) is 0. The summed E-state index contributed by atoms with van der Waals surface area (Å²) in [6, 6.07) is 3.88. The highest BCUT2D eigenvalue weighted by Crippen LogP contribution is 2.17. The molecule has 2 heterocycles. The Morgan fingerprint density at radius 2 is 1.91 bits per heavy atom. The molecular weight excluding hydrogens is 276 g/mol. The average molecular weight is 298 g/mol. The minimum Gasteiger partial charge on any atom is -0.350 e. The standard InChI is InChI=1S/C17H22N4O/c1-11(15-6-5-7-18-9-15)8-17(22)19-10-16-14(4)20-12(2)13(3)21-16/h5-7,9,11H,8,10H2,1-4H3,(H,19,22). The Morgan fingerprint density at radius 3 is 2.59 bits per heavy atom. The first-order chi connectivity index (χ1) is 10.5. The molecule has 0 fully saturated rings. The second kappa shape index (κ2) is 7.11. The summed E-state index contributed by atoms with van der Waals surface area (Å²) in [6.07, 6.45) is 3.97. The molecule has 1 unspecified atom stereocenters. The Bertz CT molecular complexity index is 655. The van der Waals surface area contributed by atoms with Gasteiger partial charge in [-0.05, 0) is 38.3 Å². The topological polar surface area (TPSA) is 67.8 Å². The zero-order valence-corrected chi connectivity index (χ0v) is 13.6. The van der Waals surface area contributed by atoms with E-state index in [1.165, 1.54) is 0 Å². The van der Waals surface area contributed by atoms with Gasteiger partial charge in [-0.1, -0.05) is 13.0 Å². The quantitative estimate of drug-likeness (QED) is 0.921. The largest absolute Gasteiger partial charge is 0.350 e. The number of aryl methyl sites for hydroxylation is 3. The first-order valence-corrected chi connectivity index (χ1v) is 7.44. The number of pyridine rings is 1. The normalized spacial score (nSPS) is 12.0. The van der Waals surface area contributed by atoms with Crippen LogP contribution in [0.5, 0.6) is 0 Å². The fourth-order valence-electron chi connectivity index (χ4n) is 2.25. The van der Waals surface area contributed by atoms with Crippen LogP contribution in [0.25, 0.3) is 0 Å². The lowest BCUT2D eigenvalue weighted by atomic mass is 9.99. The molecule has 0 aromatic carbocycles. The zero-order chi connectivity index (χ0) is 16.1. The summed E-state index contributed by atoms with van der Waals surface area (Å²) in [5.41, 5.74) is 4.59. The van der Waals surface area contributed by atoms with E-state index in [9.17, 15) is 4.79 Å². The van der Waals surface area contributed by atoms with Crippen molar-refractivity contribution >= 4 is 5.91 Å². The van der Waals surface area contributed by atoms with Crippen molar-refractivity contribution in [1.29, 1.82) is 0 Å². The lowest BCUT2D eigenvalue weighted by molar-refractivity contribution is -0.121. The van der Waals surface area contributed by atoms with Crippen LogP contribution in [0.2, 0.25) is 0 Å². The van der Waals surface area contributed by atoms with Crippen molar-refractivity contribution in [3.05, 3.63) is 52.9 Å². The van der Waals surface area contributed by atoms with Gasteiger partial charge in [-0.15, -0.1) is 0 Å². The summed E-state index contributed by atoms with van der Waals surface area (Å²) in [6.45, 7) is 8.22. The predicted molar refractivity (Wildman–Crippen MR) is 85.4 cm³/mol. The van der Waals surface area contributed by atoms with Gasteiger partial charge in [0.1, 0.15) is 0 Å². The Morgan fingerprint density at radius 1 is 1.18 bits per heavy atom. The Balaban J connectivity index is 1.92. The molecule has 2 rings (SSSR count). The lowest BCUT2D eigenvalue weighted by Crippen LogP contribution is -2.25. The van der Waals surface area contributed by atoms with Crippen LogP contribution in [0.4, 0.5) is 0 Å². The number of aromatic nitrogens is 3. The molecule has 0 bridgehead atoms. The van der Waals surface area contributed by atoms with Gasteiger partial charge in [-0.25, -0.2) is 0 Å². The number of nitrogens with zero attached hydrogens (tertiary/aromatic N) is 3. The van der Waals surface area contributed by atoms with E-state index < -0.39 is 0 Å². The number of amides is 1. The van der Waals surface area contributed by atoms with Crippen LogP contribution in [0, 0.1) is 20.8 Å². The molecule has 0 saturated carbocycles. The van der Waals surface area contributed by atoms with Crippen LogP contribution >= 0.6 is 0 Å². The van der Waals surface area contributed by atoms with Gasteiger partial charge in [0.2, 0.25) is 5.91 Å². The number of carbonyl (C=O) groups is 1. The third-order valence-electron chi connectivity index (χ3n) is 3.78. The van der Waals surface area contributed by atoms with Crippen molar-refractivity contribution in [2.75, 3.05) is 0 Å². The first kappa shape index (κ1) is 16.1. The van der Waals surface area contributed by atoms with Crippen LogP contribution in [0.15, 0.2) is 24.5 Å². The van der Waals surface area contributed by atoms with E-state index in [0.717, 1.165) is 28.3 Å². The van der Waals surface area contributed by atoms with Crippen LogP contribution in [0.3, 0.4) is 0 Å². The molecule has 5 nitrogen and oxygen atoms in total. The van der Waals surface area contributed by atoms with Crippen molar-refractivity contribution in [2.45, 2.75) is 46.6 Å². The van der Waals surface area contributed by atoms with Crippen molar-refractivity contribution in [2.24, 2.45) is 0 Å². The molecule has 2 aromatic heterocycles. The Labute approximate surface area is 131 Å². The molecule has 5 heteroatoms. The van der Waals surface area contributed by atoms with Crippen LogP contribution in [-0.4, -0.2) is 20.9 Å². The van der Waals surface area contributed by atoms with Crippen LogP contribution in [0.1, 0.15) is 47.6 Å². The van der Waals surface area contributed by atoms with Gasteiger partial charge in [-0.2, -0.15) is 0 Å².